The highest BCUT2D eigenvalue weighted by Gasteiger charge is 2.13. The van der Waals surface area contributed by atoms with Crippen molar-refractivity contribution in [2.75, 3.05) is 32.1 Å². The highest BCUT2D eigenvalue weighted by Crippen LogP contribution is 2.32. The molecule has 6 heteroatoms. The number of rotatable bonds is 5. The van der Waals surface area contributed by atoms with Crippen molar-refractivity contribution in [3.05, 3.63) is 53.1 Å². The molecule has 0 fully saturated rings. The van der Waals surface area contributed by atoms with Crippen molar-refractivity contribution in [3.8, 4) is 11.5 Å². The lowest BCUT2D eigenvalue weighted by molar-refractivity contribution is -0.117. The van der Waals surface area contributed by atoms with Crippen LogP contribution in [0.4, 0.5) is 5.69 Å². The molecule has 0 aromatic heterocycles. The first-order valence-electron chi connectivity index (χ1n) is 8.22. The lowest BCUT2D eigenvalue weighted by Crippen LogP contribution is -2.29. The number of likely N-dealkylation sites (N-methyl/N-ethyl adjacent to an activating group) is 1. The van der Waals surface area contributed by atoms with Crippen LogP contribution in [0.1, 0.15) is 12.0 Å². The standard InChI is InChI=1S/C19H21ClN2O3/c1-22(12-14-3-5-15(20)6-4-14)13-19(23)21-16-7-8-17-18(11-16)25-10-2-9-24-17/h3-8,11H,2,9-10,12-13H2,1H3,(H,21,23). The van der Waals surface area contributed by atoms with Crippen molar-refractivity contribution in [3.63, 3.8) is 0 Å². The van der Waals surface area contributed by atoms with E-state index in [1.165, 1.54) is 0 Å². The van der Waals surface area contributed by atoms with Crippen LogP contribution < -0.4 is 14.8 Å². The highest BCUT2D eigenvalue weighted by atomic mass is 35.5. The average Bonchev–Trinajstić information content (AvgIpc) is 2.81. The molecular weight excluding hydrogens is 340 g/mol. The molecule has 0 spiro atoms. The molecule has 0 saturated heterocycles. The van der Waals surface area contributed by atoms with Crippen LogP contribution >= 0.6 is 11.6 Å². The molecule has 1 N–H and O–H groups in total. The van der Waals surface area contributed by atoms with Crippen molar-refractivity contribution in [1.82, 2.24) is 4.90 Å². The first kappa shape index (κ1) is 17.6. The van der Waals surface area contributed by atoms with Crippen LogP contribution in [0.25, 0.3) is 0 Å². The Kier molecular flexibility index (Phi) is 5.79. The number of fused-ring (bicyclic) bond motifs is 1. The maximum Gasteiger partial charge on any atom is 0.238 e. The van der Waals surface area contributed by atoms with Crippen molar-refractivity contribution in [1.29, 1.82) is 0 Å². The first-order chi connectivity index (χ1) is 12.1. The van der Waals surface area contributed by atoms with Crippen molar-refractivity contribution < 1.29 is 14.3 Å². The molecule has 3 rings (SSSR count). The second-order valence-electron chi connectivity index (χ2n) is 6.06. The van der Waals surface area contributed by atoms with E-state index in [9.17, 15) is 4.79 Å². The normalized spacial score (nSPS) is 13.4. The number of nitrogens with zero attached hydrogens (tertiary/aromatic N) is 1. The van der Waals surface area contributed by atoms with Crippen molar-refractivity contribution in [2.24, 2.45) is 0 Å². The van der Waals surface area contributed by atoms with Gasteiger partial charge in [-0.05, 0) is 36.9 Å². The Hall–Kier alpha value is -2.24. The van der Waals surface area contributed by atoms with E-state index in [2.05, 4.69) is 5.32 Å². The van der Waals surface area contributed by atoms with E-state index in [-0.39, 0.29) is 12.5 Å². The monoisotopic (exact) mass is 360 g/mol. The van der Waals surface area contributed by atoms with E-state index in [1.54, 1.807) is 6.07 Å². The van der Waals surface area contributed by atoms with Crippen LogP contribution in [-0.4, -0.2) is 37.6 Å². The zero-order chi connectivity index (χ0) is 17.6. The Morgan fingerprint density at radius 3 is 2.60 bits per heavy atom. The van der Waals surface area contributed by atoms with Crippen LogP contribution in [0.3, 0.4) is 0 Å². The molecule has 1 heterocycles. The number of anilines is 1. The fourth-order valence-corrected chi connectivity index (χ4v) is 2.77. The Morgan fingerprint density at radius 2 is 1.84 bits per heavy atom. The third-order valence-corrected chi connectivity index (χ3v) is 4.06. The molecule has 0 atom stereocenters. The first-order valence-corrected chi connectivity index (χ1v) is 8.60. The van der Waals surface area contributed by atoms with E-state index in [0.717, 1.165) is 17.7 Å². The van der Waals surface area contributed by atoms with Gasteiger partial charge in [0.1, 0.15) is 0 Å². The van der Waals surface area contributed by atoms with Gasteiger partial charge in [-0.25, -0.2) is 0 Å². The van der Waals surface area contributed by atoms with Gasteiger partial charge in [-0.1, -0.05) is 23.7 Å². The molecule has 5 nitrogen and oxygen atoms in total. The molecule has 25 heavy (non-hydrogen) atoms. The molecule has 0 radical (unpaired) electrons. The molecule has 0 bridgehead atoms. The summed E-state index contributed by atoms with van der Waals surface area (Å²) in [7, 11) is 1.90. The van der Waals surface area contributed by atoms with E-state index >= 15 is 0 Å². The Balaban J connectivity index is 1.55. The number of hydrogen-bond acceptors (Lipinski definition) is 4. The largest absolute Gasteiger partial charge is 0.490 e. The summed E-state index contributed by atoms with van der Waals surface area (Å²) in [6.07, 6.45) is 0.853. The van der Waals surface area contributed by atoms with Gasteiger partial charge in [-0.15, -0.1) is 0 Å². The fraction of sp³-hybridized carbons (Fsp3) is 0.316. The fourth-order valence-electron chi connectivity index (χ4n) is 2.64. The average molecular weight is 361 g/mol. The van der Waals surface area contributed by atoms with Crippen LogP contribution in [-0.2, 0) is 11.3 Å². The number of carbonyl (C=O) groups excluding carboxylic acids is 1. The number of amides is 1. The van der Waals surface area contributed by atoms with Crippen molar-refractivity contribution in [2.45, 2.75) is 13.0 Å². The molecular formula is C19H21ClN2O3. The number of halogens is 1. The number of hydrogen-bond donors (Lipinski definition) is 1. The van der Waals surface area contributed by atoms with E-state index in [1.807, 2.05) is 48.3 Å². The van der Waals surface area contributed by atoms with Crippen LogP contribution in [0.2, 0.25) is 5.02 Å². The summed E-state index contributed by atoms with van der Waals surface area (Å²) in [6.45, 7) is 2.23. The topological polar surface area (TPSA) is 50.8 Å². The Labute approximate surface area is 152 Å². The summed E-state index contributed by atoms with van der Waals surface area (Å²) < 4.78 is 11.2. The number of nitrogens with one attached hydrogen (secondary N) is 1. The number of carbonyl (C=O) groups is 1. The smallest absolute Gasteiger partial charge is 0.238 e. The van der Waals surface area contributed by atoms with Crippen LogP contribution in [0, 0.1) is 0 Å². The second-order valence-corrected chi connectivity index (χ2v) is 6.50. The molecule has 1 aliphatic rings. The molecule has 0 aliphatic carbocycles. The second kappa shape index (κ2) is 8.23. The third kappa shape index (κ3) is 5.11. The molecule has 1 aliphatic heterocycles. The summed E-state index contributed by atoms with van der Waals surface area (Å²) in [6, 6.07) is 13.1. The minimum atomic E-state index is -0.0778. The molecule has 0 unspecified atom stereocenters. The van der Waals surface area contributed by atoms with E-state index in [0.29, 0.717) is 36.2 Å². The van der Waals surface area contributed by atoms with Crippen LogP contribution in [0.5, 0.6) is 11.5 Å². The van der Waals surface area contributed by atoms with Gasteiger partial charge in [-0.2, -0.15) is 0 Å². The van der Waals surface area contributed by atoms with Gasteiger partial charge < -0.3 is 14.8 Å². The van der Waals surface area contributed by atoms with Gasteiger partial charge in [-0.3, -0.25) is 9.69 Å². The van der Waals surface area contributed by atoms with Gasteiger partial charge >= 0.3 is 0 Å². The van der Waals surface area contributed by atoms with Crippen LogP contribution in [0.15, 0.2) is 42.5 Å². The zero-order valence-electron chi connectivity index (χ0n) is 14.1. The third-order valence-electron chi connectivity index (χ3n) is 3.81. The molecule has 1 amide bonds. The van der Waals surface area contributed by atoms with Gasteiger partial charge in [0.2, 0.25) is 5.91 Å². The molecule has 0 saturated carbocycles. The van der Waals surface area contributed by atoms with Crippen molar-refractivity contribution >= 4 is 23.2 Å². The summed E-state index contributed by atoms with van der Waals surface area (Å²) in [4.78, 5) is 14.2. The maximum absolute atomic E-state index is 12.3. The Morgan fingerprint density at radius 1 is 1.12 bits per heavy atom. The quantitative estimate of drug-likeness (QED) is 0.885. The lowest BCUT2D eigenvalue weighted by Gasteiger charge is -2.17. The van der Waals surface area contributed by atoms with Gasteiger partial charge in [0.05, 0.1) is 19.8 Å². The molecule has 2 aromatic rings. The van der Waals surface area contributed by atoms with E-state index in [4.69, 9.17) is 21.1 Å². The predicted octanol–water partition coefficient (Wildman–Crippen LogP) is 3.57. The van der Waals surface area contributed by atoms with E-state index < -0.39 is 0 Å². The number of ether oxygens (including phenoxy) is 2. The predicted molar refractivity (Wildman–Crippen MR) is 98.5 cm³/mol. The van der Waals surface area contributed by atoms with Gasteiger partial charge in [0.15, 0.2) is 11.5 Å². The van der Waals surface area contributed by atoms with Gasteiger partial charge in [0.25, 0.3) is 0 Å². The highest BCUT2D eigenvalue weighted by molar-refractivity contribution is 6.30. The zero-order valence-corrected chi connectivity index (χ0v) is 14.9. The number of benzene rings is 2. The minimum absolute atomic E-state index is 0.0778. The SMILES string of the molecule is CN(CC(=O)Nc1ccc2c(c1)OCCCO2)Cc1ccc(Cl)cc1. The summed E-state index contributed by atoms with van der Waals surface area (Å²) in [5.41, 5.74) is 1.81. The summed E-state index contributed by atoms with van der Waals surface area (Å²) in [5, 5.41) is 3.61. The lowest BCUT2D eigenvalue weighted by atomic mass is 10.2. The Bertz CT molecular complexity index is 734. The summed E-state index contributed by atoms with van der Waals surface area (Å²) in [5.74, 6) is 1.31. The molecule has 2 aromatic carbocycles. The molecule has 132 valence electrons. The minimum Gasteiger partial charge on any atom is -0.490 e. The summed E-state index contributed by atoms with van der Waals surface area (Å²) >= 11 is 5.89. The maximum atomic E-state index is 12.3. The van der Waals surface area contributed by atoms with Gasteiger partial charge in [0, 0.05) is 29.7 Å².